The highest BCUT2D eigenvalue weighted by Crippen LogP contribution is 2.35. The van der Waals surface area contributed by atoms with Gasteiger partial charge in [-0.15, -0.1) is 0 Å². The molecule has 0 aromatic heterocycles. The predicted octanol–water partition coefficient (Wildman–Crippen LogP) is 3.06. The van der Waals surface area contributed by atoms with Crippen LogP contribution in [0.2, 0.25) is 0 Å². The van der Waals surface area contributed by atoms with Gasteiger partial charge in [0, 0.05) is 0 Å². The molecule has 0 aliphatic rings. The van der Waals surface area contributed by atoms with Crippen molar-refractivity contribution < 1.29 is 17.6 Å². The molecule has 5 heteroatoms. The van der Waals surface area contributed by atoms with E-state index in [1.54, 1.807) is 0 Å². The van der Waals surface area contributed by atoms with Gasteiger partial charge in [-0.3, -0.25) is 0 Å². The molecule has 0 spiro atoms. The lowest BCUT2D eigenvalue weighted by Gasteiger charge is -2.23. The summed E-state index contributed by atoms with van der Waals surface area (Å²) in [6, 6.07) is 0. The largest absolute Gasteiger partial charge is 0.404 e. The zero-order chi connectivity index (χ0) is 8.58. The lowest BCUT2D eigenvalue weighted by atomic mass is 10.1. The zero-order valence-electron chi connectivity index (χ0n) is 5.47. The van der Waals surface area contributed by atoms with Crippen LogP contribution in [-0.2, 0) is 0 Å². The summed E-state index contributed by atoms with van der Waals surface area (Å²) in [5, 5.41) is 0. The van der Waals surface area contributed by atoms with Gasteiger partial charge in [-0.1, -0.05) is 15.9 Å². The van der Waals surface area contributed by atoms with Crippen molar-refractivity contribution in [1.82, 2.24) is 0 Å². The van der Waals surface area contributed by atoms with Gasteiger partial charge >= 0.3 is 6.18 Å². The molecule has 0 amide bonds. The summed E-state index contributed by atoms with van der Waals surface area (Å²) in [6.07, 6.45) is -4.52. The summed E-state index contributed by atoms with van der Waals surface area (Å²) in [7, 11) is 0. The number of rotatable bonds is 1. The van der Waals surface area contributed by atoms with E-state index in [0.717, 1.165) is 13.8 Å². The van der Waals surface area contributed by atoms with Crippen LogP contribution in [-0.4, -0.2) is 16.7 Å². The molecule has 0 nitrogen and oxygen atoms in total. The molecule has 0 heterocycles. The van der Waals surface area contributed by atoms with E-state index in [-0.39, 0.29) is 0 Å². The van der Waals surface area contributed by atoms with Crippen LogP contribution in [0.5, 0.6) is 0 Å². The summed E-state index contributed by atoms with van der Waals surface area (Å²) >= 11 is 2.22. The Kier molecular flexibility index (Phi) is 2.73. The van der Waals surface area contributed by atoms with Crippen molar-refractivity contribution in [1.29, 1.82) is 0 Å². The van der Waals surface area contributed by atoms with Gasteiger partial charge < -0.3 is 0 Å². The smallest absolute Gasteiger partial charge is 0.243 e. The van der Waals surface area contributed by atoms with Crippen molar-refractivity contribution in [2.75, 3.05) is 0 Å². The van der Waals surface area contributed by atoms with Crippen molar-refractivity contribution in [2.24, 2.45) is 0 Å². The maximum Gasteiger partial charge on any atom is 0.404 e. The number of hydrogen-bond acceptors (Lipinski definition) is 0. The fourth-order valence-corrected chi connectivity index (χ4v) is 0.389. The third-order valence-corrected chi connectivity index (χ3v) is 2.50. The van der Waals surface area contributed by atoms with Crippen molar-refractivity contribution >= 4 is 15.9 Å². The Hall–Kier alpha value is 0.200. The molecular weight excluding hydrogens is 216 g/mol. The molecule has 0 N–H and O–H groups in total. The van der Waals surface area contributed by atoms with E-state index in [2.05, 4.69) is 15.9 Å². The first-order valence-electron chi connectivity index (χ1n) is 2.55. The van der Waals surface area contributed by atoms with Crippen molar-refractivity contribution in [2.45, 2.75) is 30.5 Å². The van der Waals surface area contributed by atoms with Crippen LogP contribution in [0.25, 0.3) is 0 Å². The topological polar surface area (TPSA) is 0 Å². The lowest BCUT2D eigenvalue weighted by molar-refractivity contribution is -0.147. The highest BCUT2D eigenvalue weighted by molar-refractivity contribution is 9.09. The summed E-state index contributed by atoms with van der Waals surface area (Å²) in [4.78, 5) is -2.09. The van der Waals surface area contributed by atoms with Gasteiger partial charge in [0.05, 0.1) is 0 Å². The molecule has 0 fully saturated rings. The minimum absolute atomic E-state index is 0.875. The quantitative estimate of drug-likeness (QED) is 0.473. The number of hydrogen-bond donors (Lipinski definition) is 0. The maximum atomic E-state index is 12.5. The summed E-state index contributed by atoms with van der Waals surface area (Å²) in [5.41, 5.74) is -2.27. The molecule has 0 unspecified atom stereocenters. The van der Waals surface area contributed by atoms with E-state index in [0.29, 0.717) is 0 Å². The third kappa shape index (κ3) is 2.86. The lowest BCUT2D eigenvalue weighted by Crippen LogP contribution is -2.38. The second kappa shape index (κ2) is 2.68. The molecule has 10 heavy (non-hydrogen) atoms. The van der Waals surface area contributed by atoms with Crippen LogP contribution in [0.15, 0.2) is 0 Å². The third-order valence-electron chi connectivity index (χ3n) is 0.890. The van der Waals surface area contributed by atoms with Gasteiger partial charge in [0.25, 0.3) is 0 Å². The van der Waals surface area contributed by atoms with Crippen LogP contribution in [0.1, 0.15) is 13.8 Å². The highest BCUT2D eigenvalue weighted by atomic mass is 79.9. The monoisotopic (exact) mass is 222 g/mol. The molecule has 0 saturated heterocycles. The van der Waals surface area contributed by atoms with Crippen molar-refractivity contribution in [3.05, 3.63) is 0 Å². The van der Waals surface area contributed by atoms with E-state index in [9.17, 15) is 17.6 Å². The molecule has 0 saturated carbocycles. The average molecular weight is 223 g/mol. The first-order valence-corrected chi connectivity index (χ1v) is 3.47. The minimum atomic E-state index is -4.52. The second-order valence-electron chi connectivity index (χ2n) is 2.47. The second-order valence-corrected chi connectivity index (χ2v) is 3.38. The van der Waals surface area contributed by atoms with E-state index < -0.39 is 16.7 Å². The van der Waals surface area contributed by atoms with E-state index >= 15 is 0 Å². The Morgan fingerprint density at radius 2 is 1.40 bits per heavy atom. The summed E-state index contributed by atoms with van der Waals surface area (Å²) in [5.74, 6) is 0. The molecule has 0 bridgehead atoms. The minimum Gasteiger partial charge on any atom is -0.243 e. The van der Waals surface area contributed by atoms with Crippen molar-refractivity contribution in [3.8, 4) is 0 Å². The standard InChI is InChI=1S/C5H7BrF4/c1-4(2,7)3(6)5(8,9)10/h3H,1-2H3/t3-/m0/s1. The van der Waals surface area contributed by atoms with Crippen LogP contribution in [0.3, 0.4) is 0 Å². The Morgan fingerprint density at radius 1 is 1.10 bits per heavy atom. The fourth-order valence-electron chi connectivity index (χ4n) is 0.389. The molecule has 0 aliphatic carbocycles. The molecule has 0 aromatic rings. The predicted molar refractivity (Wildman–Crippen MR) is 34.0 cm³/mol. The van der Waals surface area contributed by atoms with Crippen LogP contribution >= 0.6 is 15.9 Å². The highest BCUT2D eigenvalue weighted by Gasteiger charge is 2.47. The first-order chi connectivity index (χ1) is 4.15. The van der Waals surface area contributed by atoms with Crippen LogP contribution in [0, 0.1) is 0 Å². The Morgan fingerprint density at radius 3 is 1.40 bits per heavy atom. The van der Waals surface area contributed by atoms with E-state index in [4.69, 9.17) is 0 Å². The molecule has 0 radical (unpaired) electrons. The number of alkyl halides is 5. The maximum absolute atomic E-state index is 12.5. The van der Waals surface area contributed by atoms with Gasteiger partial charge in [-0.2, -0.15) is 13.2 Å². The van der Waals surface area contributed by atoms with Gasteiger partial charge in [-0.25, -0.2) is 4.39 Å². The fraction of sp³-hybridized carbons (Fsp3) is 1.00. The first kappa shape index (κ1) is 10.2. The molecule has 0 aliphatic heterocycles. The Labute approximate surface area is 64.7 Å². The molecule has 0 aromatic carbocycles. The zero-order valence-corrected chi connectivity index (χ0v) is 7.05. The normalized spacial score (nSPS) is 17.1. The van der Waals surface area contributed by atoms with E-state index in [1.807, 2.05) is 0 Å². The summed E-state index contributed by atoms with van der Waals surface area (Å²) < 4.78 is 47.5. The van der Waals surface area contributed by atoms with Crippen LogP contribution in [0.4, 0.5) is 17.6 Å². The molecule has 62 valence electrons. The summed E-state index contributed by atoms with van der Waals surface area (Å²) in [6.45, 7) is 1.75. The van der Waals surface area contributed by atoms with Crippen LogP contribution < -0.4 is 0 Å². The Balaban J connectivity index is 4.23. The average Bonchev–Trinajstić information content (AvgIpc) is 1.59. The van der Waals surface area contributed by atoms with E-state index in [1.165, 1.54) is 0 Å². The van der Waals surface area contributed by atoms with Gasteiger partial charge in [0.2, 0.25) is 0 Å². The van der Waals surface area contributed by atoms with Gasteiger partial charge in [-0.05, 0) is 13.8 Å². The Bertz CT molecular complexity index is 97.8. The van der Waals surface area contributed by atoms with Crippen molar-refractivity contribution in [3.63, 3.8) is 0 Å². The SMILES string of the molecule is CC(C)(F)[C@H](Br)C(F)(F)F. The molecule has 1 atom stereocenters. The number of halogens is 5. The molecular formula is C5H7BrF4. The molecule has 0 rings (SSSR count). The van der Waals surface area contributed by atoms with Gasteiger partial charge in [0.1, 0.15) is 10.5 Å². The van der Waals surface area contributed by atoms with Gasteiger partial charge in [0.15, 0.2) is 0 Å².